The lowest BCUT2D eigenvalue weighted by molar-refractivity contribution is 0.0673. The van der Waals surface area contributed by atoms with Crippen molar-refractivity contribution in [1.29, 1.82) is 0 Å². The number of ether oxygens (including phenoxy) is 1. The van der Waals surface area contributed by atoms with Crippen LogP contribution in [0.2, 0.25) is 0 Å². The van der Waals surface area contributed by atoms with Crippen LogP contribution < -0.4 is 4.74 Å². The Morgan fingerprint density at radius 3 is 2.36 bits per heavy atom. The van der Waals surface area contributed by atoms with Crippen LogP contribution in [0.15, 0.2) is 42.6 Å². The van der Waals surface area contributed by atoms with Crippen molar-refractivity contribution in [2.24, 2.45) is 7.05 Å². The number of hydrogen-bond donors (Lipinski definition) is 0. The van der Waals surface area contributed by atoms with Crippen molar-refractivity contribution in [2.75, 3.05) is 13.7 Å². The lowest BCUT2D eigenvalue weighted by Gasteiger charge is -2.31. The van der Waals surface area contributed by atoms with E-state index in [1.165, 1.54) is 0 Å². The monoisotopic (exact) mass is 300 g/mol. The zero-order chi connectivity index (χ0) is 16.1. The number of nitrogens with zero attached hydrogens (tertiary/aromatic N) is 2. The molecule has 1 aromatic heterocycles. The molecule has 1 atom stereocenters. The standard InChI is InChI=1S/C18H24N2O2/c1-5-16(14-9-11-15(22-4)12-10-14)20(6-2)18(21)17-8-7-13-19(17)3/h7-13,16H,5-6H2,1-4H3/t16-/m0/s1. The molecule has 118 valence electrons. The molecule has 4 heteroatoms. The van der Waals surface area contributed by atoms with Crippen LogP contribution in [0, 0.1) is 0 Å². The van der Waals surface area contributed by atoms with E-state index in [0.717, 1.165) is 17.7 Å². The van der Waals surface area contributed by atoms with Crippen LogP contribution in [0.1, 0.15) is 42.4 Å². The van der Waals surface area contributed by atoms with Gasteiger partial charge in [0.05, 0.1) is 13.2 Å². The molecule has 0 fully saturated rings. The zero-order valence-electron chi connectivity index (χ0n) is 13.7. The molecule has 0 radical (unpaired) electrons. The predicted molar refractivity (Wildman–Crippen MR) is 88.1 cm³/mol. The van der Waals surface area contributed by atoms with E-state index in [9.17, 15) is 4.79 Å². The number of rotatable bonds is 6. The number of aryl methyl sites for hydroxylation is 1. The number of methoxy groups -OCH3 is 1. The van der Waals surface area contributed by atoms with Crippen molar-refractivity contribution in [3.8, 4) is 5.75 Å². The summed E-state index contributed by atoms with van der Waals surface area (Å²) in [5.41, 5.74) is 1.85. The normalized spacial score (nSPS) is 12.0. The Hall–Kier alpha value is -2.23. The maximum absolute atomic E-state index is 12.8. The topological polar surface area (TPSA) is 34.5 Å². The van der Waals surface area contributed by atoms with E-state index in [0.29, 0.717) is 12.2 Å². The van der Waals surface area contributed by atoms with E-state index in [2.05, 4.69) is 6.92 Å². The second kappa shape index (κ2) is 7.16. The lowest BCUT2D eigenvalue weighted by Crippen LogP contribution is -2.35. The van der Waals surface area contributed by atoms with Gasteiger partial charge in [0.15, 0.2) is 0 Å². The molecule has 22 heavy (non-hydrogen) atoms. The van der Waals surface area contributed by atoms with Crippen LogP contribution in [-0.4, -0.2) is 29.0 Å². The van der Waals surface area contributed by atoms with Gasteiger partial charge < -0.3 is 14.2 Å². The quantitative estimate of drug-likeness (QED) is 0.816. The second-order valence-corrected chi connectivity index (χ2v) is 5.29. The molecule has 0 saturated heterocycles. The van der Waals surface area contributed by atoms with Gasteiger partial charge in [-0.1, -0.05) is 19.1 Å². The van der Waals surface area contributed by atoms with Crippen LogP contribution in [0.3, 0.4) is 0 Å². The highest BCUT2D eigenvalue weighted by molar-refractivity contribution is 5.93. The van der Waals surface area contributed by atoms with E-state index in [-0.39, 0.29) is 11.9 Å². The van der Waals surface area contributed by atoms with Crippen molar-refractivity contribution in [1.82, 2.24) is 9.47 Å². The molecule has 0 spiro atoms. The minimum Gasteiger partial charge on any atom is -0.497 e. The van der Waals surface area contributed by atoms with Gasteiger partial charge in [0.1, 0.15) is 11.4 Å². The van der Waals surface area contributed by atoms with Crippen LogP contribution in [0.25, 0.3) is 0 Å². The first kappa shape index (κ1) is 16.1. The number of carbonyl (C=O) groups is 1. The van der Waals surface area contributed by atoms with Gasteiger partial charge in [-0.3, -0.25) is 4.79 Å². The number of benzene rings is 1. The number of carbonyl (C=O) groups excluding carboxylic acids is 1. The van der Waals surface area contributed by atoms with Crippen molar-refractivity contribution in [2.45, 2.75) is 26.3 Å². The first-order valence-corrected chi connectivity index (χ1v) is 7.68. The average Bonchev–Trinajstić information content (AvgIpc) is 2.98. The third kappa shape index (κ3) is 3.16. The molecular weight excluding hydrogens is 276 g/mol. The van der Waals surface area contributed by atoms with Gasteiger partial charge in [0.2, 0.25) is 0 Å². The molecule has 0 N–H and O–H groups in total. The molecule has 2 aromatic rings. The van der Waals surface area contributed by atoms with E-state index in [1.807, 2.05) is 66.0 Å². The molecule has 0 saturated carbocycles. The number of hydrogen-bond acceptors (Lipinski definition) is 2. The number of amides is 1. The first-order valence-electron chi connectivity index (χ1n) is 7.68. The van der Waals surface area contributed by atoms with Crippen LogP contribution >= 0.6 is 0 Å². The Labute approximate surface area is 132 Å². The predicted octanol–water partition coefficient (Wildman–Crippen LogP) is 3.65. The highest BCUT2D eigenvalue weighted by Gasteiger charge is 2.24. The summed E-state index contributed by atoms with van der Waals surface area (Å²) in [7, 11) is 3.55. The molecule has 4 nitrogen and oxygen atoms in total. The number of aromatic nitrogens is 1. The van der Waals surface area contributed by atoms with Gasteiger partial charge in [-0.25, -0.2) is 0 Å². The third-order valence-corrected chi connectivity index (χ3v) is 4.03. The molecule has 2 rings (SSSR count). The Bertz CT molecular complexity index is 616. The van der Waals surface area contributed by atoms with Crippen LogP contribution in [0.4, 0.5) is 0 Å². The van der Waals surface area contributed by atoms with Crippen molar-refractivity contribution in [3.63, 3.8) is 0 Å². The van der Waals surface area contributed by atoms with Gasteiger partial charge in [-0.2, -0.15) is 0 Å². The van der Waals surface area contributed by atoms with E-state index < -0.39 is 0 Å². The fourth-order valence-corrected chi connectivity index (χ4v) is 2.80. The minimum absolute atomic E-state index is 0.0673. The average molecular weight is 300 g/mol. The molecule has 0 aliphatic carbocycles. The Morgan fingerprint density at radius 2 is 1.91 bits per heavy atom. The molecule has 0 aliphatic heterocycles. The molecular formula is C18H24N2O2. The molecule has 0 aliphatic rings. The van der Waals surface area contributed by atoms with Crippen molar-refractivity contribution < 1.29 is 9.53 Å². The van der Waals surface area contributed by atoms with Crippen LogP contribution in [-0.2, 0) is 7.05 Å². The van der Waals surface area contributed by atoms with E-state index in [1.54, 1.807) is 7.11 Å². The fraction of sp³-hybridized carbons (Fsp3) is 0.389. The summed E-state index contributed by atoms with van der Waals surface area (Å²) >= 11 is 0. The van der Waals surface area contributed by atoms with Gasteiger partial charge >= 0.3 is 0 Å². The Balaban J connectivity index is 2.29. The lowest BCUT2D eigenvalue weighted by atomic mass is 10.0. The Morgan fingerprint density at radius 1 is 1.23 bits per heavy atom. The largest absolute Gasteiger partial charge is 0.497 e. The van der Waals surface area contributed by atoms with Gasteiger partial charge in [-0.05, 0) is 43.2 Å². The van der Waals surface area contributed by atoms with Gasteiger partial charge in [-0.15, -0.1) is 0 Å². The summed E-state index contributed by atoms with van der Waals surface area (Å²) in [6, 6.07) is 11.8. The molecule has 0 unspecified atom stereocenters. The van der Waals surface area contributed by atoms with E-state index >= 15 is 0 Å². The van der Waals surface area contributed by atoms with E-state index in [4.69, 9.17) is 4.74 Å². The summed E-state index contributed by atoms with van der Waals surface area (Å²) in [5.74, 6) is 0.896. The summed E-state index contributed by atoms with van der Waals surface area (Å²) in [6.07, 6.45) is 2.77. The summed E-state index contributed by atoms with van der Waals surface area (Å²) < 4.78 is 7.07. The molecule has 0 bridgehead atoms. The second-order valence-electron chi connectivity index (χ2n) is 5.29. The van der Waals surface area contributed by atoms with Crippen LogP contribution in [0.5, 0.6) is 5.75 Å². The highest BCUT2D eigenvalue weighted by atomic mass is 16.5. The fourth-order valence-electron chi connectivity index (χ4n) is 2.80. The van der Waals surface area contributed by atoms with Gasteiger partial charge in [0, 0.05) is 19.8 Å². The maximum atomic E-state index is 12.8. The smallest absolute Gasteiger partial charge is 0.270 e. The third-order valence-electron chi connectivity index (χ3n) is 4.03. The van der Waals surface area contributed by atoms with Crippen molar-refractivity contribution >= 4 is 5.91 Å². The first-order chi connectivity index (χ1) is 10.6. The minimum atomic E-state index is 0.0673. The van der Waals surface area contributed by atoms with Gasteiger partial charge in [0.25, 0.3) is 5.91 Å². The summed E-state index contributed by atoms with van der Waals surface area (Å²) in [6.45, 7) is 4.80. The SMILES string of the molecule is CC[C@@H](c1ccc(OC)cc1)N(CC)C(=O)c1cccn1C. The molecule has 1 amide bonds. The zero-order valence-corrected chi connectivity index (χ0v) is 13.7. The maximum Gasteiger partial charge on any atom is 0.270 e. The molecule has 1 aromatic carbocycles. The molecule has 1 heterocycles. The summed E-state index contributed by atoms with van der Waals surface area (Å²) in [4.78, 5) is 14.8. The highest BCUT2D eigenvalue weighted by Crippen LogP contribution is 2.27. The Kier molecular flexibility index (Phi) is 5.26. The van der Waals surface area contributed by atoms with Crippen molar-refractivity contribution in [3.05, 3.63) is 53.9 Å². The summed E-state index contributed by atoms with van der Waals surface area (Å²) in [5, 5.41) is 0.